The predicted molar refractivity (Wildman–Crippen MR) is 83.2 cm³/mol. The van der Waals surface area contributed by atoms with Crippen LogP contribution in [0.25, 0.3) is 11.0 Å². The number of hydrogen-bond donors (Lipinski definition) is 2. The largest absolute Gasteiger partial charge is 0.480 e. The summed E-state index contributed by atoms with van der Waals surface area (Å²) in [5, 5.41) is 16.5. The highest BCUT2D eigenvalue weighted by molar-refractivity contribution is 5.99. The van der Waals surface area contributed by atoms with Gasteiger partial charge in [-0.2, -0.15) is 5.10 Å². The Bertz CT molecular complexity index is 753. The highest BCUT2D eigenvalue weighted by Crippen LogP contribution is 2.16. The van der Waals surface area contributed by atoms with Crippen molar-refractivity contribution in [2.24, 2.45) is 7.05 Å². The number of carboxylic acids is 1. The molecule has 0 saturated heterocycles. The third-order valence-corrected chi connectivity index (χ3v) is 3.25. The van der Waals surface area contributed by atoms with Crippen LogP contribution >= 0.6 is 0 Å². The van der Waals surface area contributed by atoms with Crippen molar-refractivity contribution in [2.45, 2.75) is 13.0 Å². The van der Waals surface area contributed by atoms with E-state index < -0.39 is 17.9 Å². The Hall–Kier alpha value is -2.74. The number of ether oxygens (including phenoxy) is 1. The molecule has 0 aromatic carbocycles. The summed E-state index contributed by atoms with van der Waals surface area (Å²) in [6, 6.07) is 0.497. The number of carbonyl (C=O) groups excluding carboxylic acids is 1. The summed E-state index contributed by atoms with van der Waals surface area (Å²) >= 11 is 0. The molecule has 2 N–H and O–H groups in total. The summed E-state index contributed by atoms with van der Waals surface area (Å²) in [5.74, 6) is -1.70. The highest BCUT2D eigenvalue weighted by atomic mass is 16.5. The zero-order valence-electron chi connectivity index (χ0n) is 12.9. The van der Waals surface area contributed by atoms with Crippen LogP contribution in [0.5, 0.6) is 0 Å². The lowest BCUT2D eigenvalue weighted by molar-refractivity contribution is -0.140. The van der Waals surface area contributed by atoms with E-state index in [0.29, 0.717) is 5.65 Å². The number of amides is 1. The summed E-state index contributed by atoms with van der Waals surface area (Å²) < 4.78 is 6.71. The molecule has 8 nitrogen and oxygen atoms in total. The van der Waals surface area contributed by atoms with Crippen molar-refractivity contribution in [3.8, 4) is 0 Å². The maximum Gasteiger partial charge on any atom is 0.328 e. The standard InChI is InChI=1S/C15H18N4O4/c1-4-5-23-8-12(15(21)22)17-14(20)10-6-11-9(2)18-19(3)13(11)16-7-10/h4,6-7,12H,1,5,8H2,2-3H3,(H,17,20)(H,21,22). The monoisotopic (exact) mass is 318 g/mol. The molecule has 1 unspecified atom stereocenters. The number of pyridine rings is 1. The summed E-state index contributed by atoms with van der Waals surface area (Å²) in [5.41, 5.74) is 1.67. The van der Waals surface area contributed by atoms with E-state index in [1.165, 1.54) is 12.3 Å². The van der Waals surface area contributed by atoms with Gasteiger partial charge in [0.2, 0.25) is 0 Å². The fraction of sp³-hybridized carbons (Fsp3) is 0.333. The molecule has 23 heavy (non-hydrogen) atoms. The molecule has 0 aliphatic heterocycles. The molecular formula is C15H18N4O4. The second-order valence-electron chi connectivity index (χ2n) is 4.99. The second kappa shape index (κ2) is 7.01. The Morgan fingerprint density at radius 1 is 1.57 bits per heavy atom. The minimum atomic E-state index is -1.17. The second-order valence-corrected chi connectivity index (χ2v) is 4.99. The molecule has 8 heteroatoms. The van der Waals surface area contributed by atoms with Crippen LogP contribution in [-0.2, 0) is 16.6 Å². The minimum Gasteiger partial charge on any atom is -0.480 e. The number of rotatable bonds is 7. The molecule has 1 atom stereocenters. The number of nitrogens with zero attached hydrogens (tertiary/aromatic N) is 3. The first kappa shape index (κ1) is 16.6. The quantitative estimate of drug-likeness (QED) is 0.574. The molecule has 0 aliphatic carbocycles. The number of carboxylic acid groups (broad SMARTS) is 1. The van der Waals surface area contributed by atoms with Crippen molar-refractivity contribution < 1.29 is 19.4 Å². The van der Waals surface area contributed by atoms with Gasteiger partial charge in [0.05, 0.1) is 24.5 Å². The van der Waals surface area contributed by atoms with E-state index in [-0.39, 0.29) is 18.8 Å². The molecule has 0 saturated carbocycles. The van der Waals surface area contributed by atoms with Gasteiger partial charge in [-0.1, -0.05) is 6.08 Å². The molecule has 2 aromatic heterocycles. The van der Waals surface area contributed by atoms with E-state index in [9.17, 15) is 9.59 Å². The number of fused-ring (bicyclic) bond motifs is 1. The molecule has 0 fully saturated rings. The van der Waals surface area contributed by atoms with Crippen molar-refractivity contribution in [3.05, 3.63) is 36.2 Å². The van der Waals surface area contributed by atoms with Crippen molar-refractivity contribution in [1.29, 1.82) is 0 Å². The van der Waals surface area contributed by atoms with Crippen molar-refractivity contribution in [2.75, 3.05) is 13.2 Å². The topological polar surface area (TPSA) is 106 Å². The lowest BCUT2D eigenvalue weighted by Gasteiger charge is -2.14. The zero-order chi connectivity index (χ0) is 17.0. The van der Waals surface area contributed by atoms with E-state index >= 15 is 0 Å². The molecular weight excluding hydrogens is 300 g/mol. The van der Waals surface area contributed by atoms with Crippen molar-refractivity contribution in [3.63, 3.8) is 0 Å². The number of carbonyl (C=O) groups is 2. The van der Waals surface area contributed by atoms with Gasteiger partial charge in [-0.05, 0) is 13.0 Å². The first-order chi connectivity index (χ1) is 10.9. The van der Waals surface area contributed by atoms with E-state index in [4.69, 9.17) is 9.84 Å². The molecule has 2 heterocycles. The maximum absolute atomic E-state index is 12.2. The first-order valence-electron chi connectivity index (χ1n) is 6.95. The van der Waals surface area contributed by atoms with Gasteiger partial charge in [0.1, 0.15) is 0 Å². The van der Waals surface area contributed by atoms with Crippen molar-refractivity contribution >= 4 is 22.9 Å². The number of aromatic nitrogens is 3. The van der Waals surface area contributed by atoms with Crippen LogP contribution in [0.1, 0.15) is 16.1 Å². The number of nitrogens with one attached hydrogen (secondary N) is 1. The van der Waals surface area contributed by atoms with Crippen molar-refractivity contribution in [1.82, 2.24) is 20.1 Å². The van der Waals surface area contributed by atoms with Gasteiger partial charge in [0.25, 0.3) is 5.91 Å². The Morgan fingerprint density at radius 3 is 2.96 bits per heavy atom. The molecule has 1 amide bonds. The number of aryl methyl sites for hydroxylation is 2. The SMILES string of the molecule is C=CCOCC(NC(=O)c1cnc2c(c1)c(C)nn2C)C(=O)O. The predicted octanol–water partition coefficient (Wildman–Crippen LogP) is 0.662. The van der Waals surface area contributed by atoms with Gasteiger partial charge in [-0.3, -0.25) is 9.48 Å². The third-order valence-electron chi connectivity index (χ3n) is 3.25. The Balaban J connectivity index is 2.16. The van der Waals surface area contributed by atoms with Crippen LogP contribution in [0.2, 0.25) is 0 Å². The molecule has 2 rings (SSSR count). The van der Waals surface area contributed by atoms with E-state index in [2.05, 4.69) is 22.0 Å². The summed E-state index contributed by atoms with van der Waals surface area (Å²) in [4.78, 5) is 27.6. The number of aliphatic carboxylic acids is 1. The van der Waals surface area contributed by atoms with Crippen LogP contribution in [-0.4, -0.2) is 51.0 Å². The van der Waals surface area contributed by atoms with E-state index in [1.807, 2.05) is 6.92 Å². The van der Waals surface area contributed by atoms with Gasteiger partial charge < -0.3 is 15.2 Å². The van der Waals surface area contributed by atoms with Gasteiger partial charge in [0, 0.05) is 18.6 Å². The van der Waals surface area contributed by atoms with E-state index in [0.717, 1.165) is 11.1 Å². The molecule has 0 bridgehead atoms. The van der Waals surface area contributed by atoms with Gasteiger partial charge in [0.15, 0.2) is 11.7 Å². The summed E-state index contributed by atoms with van der Waals surface area (Å²) in [6.07, 6.45) is 2.89. The maximum atomic E-state index is 12.2. The summed E-state index contributed by atoms with van der Waals surface area (Å²) in [6.45, 7) is 5.35. The van der Waals surface area contributed by atoms with Crippen LogP contribution in [0, 0.1) is 6.92 Å². The molecule has 2 aromatic rings. The Morgan fingerprint density at radius 2 is 2.30 bits per heavy atom. The Labute approximate surface area is 132 Å². The molecule has 0 spiro atoms. The van der Waals surface area contributed by atoms with Crippen LogP contribution in [0.15, 0.2) is 24.9 Å². The highest BCUT2D eigenvalue weighted by Gasteiger charge is 2.21. The summed E-state index contributed by atoms with van der Waals surface area (Å²) in [7, 11) is 1.76. The van der Waals surface area contributed by atoms with Crippen LogP contribution in [0.4, 0.5) is 0 Å². The average molecular weight is 318 g/mol. The Kier molecular flexibility index (Phi) is 5.07. The van der Waals surface area contributed by atoms with Gasteiger partial charge in [-0.25, -0.2) is 9.78 Å². The lowest BCUT2D eigenvalue weighted by Crippen LogP contribution is -2.44. The smallest absolute Gasteiger partial charge is 0.328 e. The van der Waals surface area contributed by atoms with Crippen LogP contribution in [0.3, 0.4) is 0 Å². The molecule has 122 valence electrons. The molecule has 0 radical (unpaired) electrons. The minimum absolute atomic E-state index is 0.144. The van der Waals surface area contributed by atoms with Crippen LogP contribution < -0.4 is 5.32 Å². The van der Waals surface area contributed by atoms with Gasteiger partial charge >= 0.3 is 5.97 Å². The lowest BCUT2D eigenvalue weighted by atomic mass is 10.2. The molecule has 0 aliphatic rings. The zero-order valence-corrected chi connectivity index (χ0v) is 12.9. The normalized spacial score (nSPS) is 12.1. The van der Waals surface area contributed by atoms with Gasteiger partial charge in [-0.15, -0.1) is 6.58 Å². The fourth-order valence-electron chi connectivity index (χ4n) is 2.12. The van der Waals surface area contributed by atoms with E-state index in [1.54, 1.807) is 17.8 Å². The fourth-order valence-corrected chi connectivity index (χ4v) is 2.12. The number of hydrogen-bond acceptors (Lipinski definition) is 5. The first-order valence-corrected chi connectivity index (χ1v) is 6.95. The average Bonchev–Trinajstić information content (AvgIpc) is 2.80. The third kappa shape index (κ3) is 3.72.